The predicted molar refractivity (Wildman–Crippen MR) is 63.7 cm³/mol. The number of nitrogen functional groups attached to an aromatic ring is 1. The Morgan fingerprint density at radius 1 is 1.56 bits per heavy atom. The summed E-state index contributed by atoms with van der Waals surface area (Å²) in [4.78, 5) is 6.24. The van der Waals surface area contributed by atoms with Crippen LogP contribution >= 0.6 is 0 Å². The van der Waals surface area contributed by atoms with Crippen molar-refractivity contribution in [1.82, 2.24) is 9.88 Å². The van der Waals surface area contributed by atoms with Gasteiger partial charge in [-0.1, -0.05) is 0 Å². The molecule has 2 rings (SSSR count). The van der Waals surface area contributed by atoms with E-state index in [4.69, 9.17) is 5.73 Å². The van der Waals surface area contributed by atoms with Crippen molar-refractivity contribution in [1.29, 1.82) is 0 Å². The number of anilines is 1. The molecule has 4 heteroatoms. The van der Waals surface area contributed by atoms with Gasteiger partial charge in [0.15, 0.2) is 0 Å². The van der Waals surface area contributed by atoms with Crippen LogP contribution in [0.3, 0.4) is 0 Å². The lowest BCUT2D eigenvalue weighted by atomic mass is 9.82. The molecule has 16 heavy (non-hydrogen) atoms. The molecule has 1 aromatic heterocycles. The van der Waals surface area contributed by atoms with E-state index in [0.717, 1.165) is 25.9 Å². The molecule has 1 aliphatic rings. The second-order valence-electron chi connectivity index (χ2n) is 4.78. The van der Waals surface area contributed by atoms with Crippen molar-refractivity contribution < 1.29 is 5.11 Å². The number of rotatable bonds is 4. The van der Waals surface area contributed by atoms with E-state index in [-0.39, 0.29) is 6.10 Å². The normalized spacial score (nSPS) is 24.4. The lowest BCUT2D eigenvalue weighted by Crippen LogP contribution is -2.36. The molecule has 0 aliphatic heterocycles. The molecule has 4 nitrogen and oxygen atoms in total. The highest BCUT2D eigenvalue weighted by Crippen LogP contribution is 2.27. The number of aliphatic hydroxyl groups is 1. The molecular weight excluding hydrogens is 202 g/mol. The molecule has 1 fully saturated rings. The van der Waals surface area contributed by atoms with Crippen molar-refractivity contribution in [2.24, 2.45) is 5.92 Å². The summed E-state index contributed by atoms with van der Waals surface area (Å²) in [6, 6.07) is 3.90. The third-order valence-corrected chi connectivity index (χ3v) is 3.08. The summed E-state index contributed by atoms with van der Waals surface area (Å²) >= 11 is 0. The first-order valence-electron chi connectivity index (χ1n) is 5.70. The van der Waals surface area contributed by atoms with Crippen LogP contribution in [-0.4, -0.2) is 34.7 Å². The molecule has 0 unspecified atom stereocenters. The minimum absolute atomic E-state index is 0.0602. The third kappa shape index (κ3) is 2.93. The van der Waals surface area contributed by atoms with Crippen molar-refractivity contribution in [2.45, 2.75) is 25.5 Å². The van der Waals surface area contributed by atoms with Crippen LogP contribution in [0.5, 0.6) is 0 Å². The fraction of sp³-hybridized carbons (Fsp3) is 0.583. The molecule has 0 aromatic carbocycles. The van der Waals surface area contributed by atoms with Crippen molar-refractivity contribution in [3.63, 3.8) is 0 Å². The highest BCUT2D eigenvalue weighted by atomic mass is 16.3. The number of aromatic nitrogens is 1. The van der Waals surface area contributed by atoms with Crippen LogP contribution in [0, 0.1) is 5.92 Å². The summed E-state index contributed by atoms with van der Waals surface area (Å²) in [6.45, 7) is 1.93. The van der Waals surface area contributed by atoms with Crippen LogP contribution in [0.15, 0.2) is 18.3 Å². The van der Waals surface area contributed by atoms with Crippen LogP contribution in [0.2, 0.25) is 0 Å². The summed E-state index contributed by atoms with van der Waals surface area (Å²) in [7, 11) is 2.10. The summed E-state index contributed by atoms with van der Waals surface area (Å²) in [5.41, 5.74) is 6.82. The molecule has 88 valence electrons. The minimum atomic E-state index is -0.0602. The van der Waals surface area contributed by atoms with E-state index >= 15 is 0 Å². The van der Waals surface area contributed by atoms with Gasteiger partial charge >= 0.3 is 0 Å². The Labute approximate surface area is 96.1 Å². The van der Waals surface area contributed by atoms with E-state index in [1.807, 2.05) is 12.1 Å². The third-order valence-electron chi connectivity index (χ3n) is 3.08. The van der Waals surface area contributed by atoms with Crippen LogP contribution in [0.25, 0.3) is 0 Å². The standard InChI is InChI=1S/C12H19N3O/c1-15(8-10-4-11(16)5-10)7-9-2-3-14-12(13)6-9/h2-3,6,10-11,16H,4-5,7-8H2,1H3,(H2,13,14). The Bertz CT molecular complexity index is 350. The van der Waals surface area contributed by atoms with E-state index < -0.39 is 0 Å². The number of hydrogen-bond acceptors (Lipinski definition) is 4. The van der Waals surface area contributed by atoms with Crippen LogP contribution in [0.1, 0.15) is 18.4 Å². The summed E-state index contributed by atoms with van der Waals surface area (Å²) < 4.78 is 0. The second kappa shape index (κ2) is 4.80. The van der Waals surface area contributed by atoms with Crippen molar-refractivity contribution in [3.05, 3.63) is 23.9 Å². The Morgan fingerprint density at radius 2 is 2.31 bits per heavy atom. The van der Waals surface area contributed by atoms with Gasteiger partial charge < -0.3 is 15.7 Å². The van der Waals surface area contributed by atoms with E-state index in [1.54, 1.807) is 6.20 Å². The molecule has 0 amide bonds. The van der Waals surface area contributed by atoms with Crippen LogP contribution < -0.4 is 5.73 Å². The van der Waals surface area contributed by atoms with Crippen LogP contribution in [0.4, 0.5) is 5.82 Å². The molecule has 1 aliphatic carbocycles. The summed E-state index contributed by atoms with van der Waals surface area (Å²) in [5.74, 6) is 1.23. The first-order valence-corrected chi connectivity index (χ1v) is 5.70. The van der Waals surface area contributed by atoms with E-state index in [2.05, 4.69) is 16.9 Å². The molecule has 0 radical (unpaired) electrons. The first kappa shape index (κ1) is 11.4. The highest BCUT2D eigenvalue weighted by molar-refractivity contribution is 5.31. The zero-order valence-electron chi connectivity index (χ0n) is 9.63. The highest BCUT2D eigenvalue weighted by Gasteiger charge is 2.27. The molecule has 1 saturated carbocycles. The number of nitrogens with zero attached hydrogens (tertiary/aromatic N) is 2. The Morgan fingerprint density at radius 3 is 2.94 bits per heavy atom. The summed E-state index contributed by atoms with van der Waals surface area (Å²) in [6.07, 6.45) is 3.58. The molecule has 0 spiro atoms. The van der Waals surface area contributed by atoms with Crippen molar-refractivity contribution in [2.75, 3.05) is 19.3 Å². The van der Waals surface area contributed by atoms with Gasteiger partial charge in [-0.15, -0.1) is 0 Å². The van der Waals surface area contributed by atoms with E-state index in [9.17, 15) is 5.11 Å². The van der Waals surface area contributed by atoms with E-state index in [0.29, 0.717) is 11.7 Å². The number of pyridine rings is 1. The Hall–Kier alpha value is -1.13. The lowest BCUT2D eigenvalue weighted by Gasteiger charge is -2.34. The molecular formula is C12H19N3O. The average molecular weight is 221 g/mol. The Kier molecular flexibility index (Phi) is 3.41. The van der Waals surface area contributed by atoms with Crippen molar-refractivity contribution in [3.8, 4) is 0 Å². The van der Waals surface area contributed by atoms with Gasteiger partial charge in [-0.05, 0) is 43.5 Å². The quantitative estimate of drug-likeness (QED) is 0.792. The lowest BCUT2D eigenvalue weighted by molar-refractivity contribution is 0.0274. The molecule has 0 atom stereocenters. The number of nitrogens with two attached hydrogens (primary N) is 1. The molecule has 1 heterocycles. The molecule has 0 saturated heterocycles. The fourth-order valence-corrected chi connectivity index (χ4v) is 2.26. The number of hydrogen-bond donors (Lipinski definition) is 2. The van der Waals surface area contributed by atoms with Gasteiger partial charge in [-0.2, -0.15) is 0 Å². The maximum absolute atomic E-state index is 9.21. The molecule has 1 aromatic rings. The molecule has 3 N–H and O–H groups in total. The van der Waals surface area contributed by atoms with Gasteiger partial charge in [0.25, 0.3) is 0 Å². The molecule has 0 bridgehead atoms. The fourth-order valence-electron chi connectivity index (χ4n) is 2.26. The topological polar surface area (TPSA) is 62.4 Å². The minimum Gasteiger partial charge on any atom is -0.393 e. The second-order valence-corrected chi connectivity index (χ2v) is 4.78. The van der Waals surface area contributed by atoms with Crippen molar-refractivity contribution >= 4 is 5.82 Å². The van der Waals surface area contributed by atoms with Gasteiger partial charge in [0.2, 0.25) is 0 Å². The van der Waals surface area contributed by atoms with Gasteiger partial charge in [0.05, 0.1) is 6.10 Å². The zero-order valence-corrected chi connectivity index (χ0v) is 9.63. The van der Waals surface area contributed by atoms with E-state index in [1.165, 1.54) is 5.56 Å². The number of aliphatic hydroxyl groups excluding tert-OH is 1. The zero-order chi connectivity index (χ0) is 11.5. The summed E-state index contributed by atoms with van der Waals surface area (Å²) in [5, 5.41) is 9.21. The SMILES string of the molecule is CN(Cc1ccnc(N)c1)CC1CC(O)C1. The maximum Gasteiger partial charge on any atom is 0.123 e. The van der Waals surface area contributed by atoms with Gasteiger partial charge in [-0.25, -0.2) is 4.98 Å². The smallest absolute Gasteiger partial charge is 0.123 e. The monoisotopic (exact) mass is 221 g/mol. The van der Waals surface area contributed by atoms with Gasteiger partial charge in [0, 0.05) is 19.3 Å². The largest absolute Gasteiger partial charge is 0.393 e. The Balaban J connectivity index is 1.80. The van der Waals surface area contributed by atoms with Gasteiger partial charge in [-0.3, -0.25) is 0 Å². The van der Waals surface area contributed by atoms with Crippen LogP contribution in [-0.2, 0) is 6.54 Å². The average Bonchev–Trinajstić information content (AvgIpc) is 2.15. The van der Waals surface area contributed by atoms with Gasteiger partial charge in [0.1, 0.15) is 5.82 Å². The first-order chi connectivity index (χ1) is 7.63. The predicted octanol–water partition coefficient (Wildman–Crippen LogP) is 0.867. The maximum atomic E-state index is 9.21.